The largest absolute Gasteiger partial charge is 0.369 e. The third-order valence-corrected chi connectivity index (χ3v) is 2.37. The van der Waals surface area contributed by atoms with Crippen LogP contribution in [0.15, 0.2) is 24.3 Å². The highest BCUT2D eigenvalue weighted by Crippen LogP contribution is 2.08. The Bertz CT molecular complexity index is 406. The molecule has 0 aliphatic rings. The van der Waals surface area contributed by atoms with Crippen LogP contribution in [-0.4, -0.2) is 18.6 Å². The molecule has 0 saturated carbocycles. The molecular formula is C13H16N2O2. The van der Waals surface area contributed by atoms with Crippen molar-refractivity contribution < 1.29 is 9.53 Å². The van der Waals surface area contributed by atoms with Crippen LogP contribution in [0.3, 0.4) is 0 Å². The van der Waals surface area contributed by atoms with Crippen molar-refractivity contribution >= 4 is 11.6 Å². The second kappa shape index (κ2) is 6.66. The summed E-state index contributed by atoms with van der Waals surface area (Å²) in [7, 11) is 0. The third kappa shape index (κ3) is 4.66. The molecule has 0 saturated heterocycles. The molecule has 0 fully saturated rings. The lowest BCUT2D eigenvalue weighted by atomic mass is 10.2. The van der Waals surface area contributed by atoms with Crippen LogP contribution in [0.4, 0.5) is 5.69 Å². The summed E-state index contributed by atoms with van der Waals surface area (Å²) in [6, 6.07) is 8.72. The first-order valence-electron chi connectivity index (χ1n) is 5.57. The average Bonchev–Trinajstić information content (AvgIpc) is 2.36. The van der Waals surface area contributed by atoms with Crippen molar-refractivity contribution in [2.45, 2.75) is 26.4 Å². The van der Waals surface area contributed by atoms with Gasteiger partial charge in [0.15, 0.2) is 0 Å². The van der Waals surface area contributed by atoms with Crippen LogP contribution in [0.25, 0.3) is 0 Å². The minimum Gasteiger partial charge on any atom is -0.369 e. The number of hydrogen-bond acceptors (Lipinski definition) is 3. The van der Waals surface area contributed by atoms with Gasteiger partial charge in [-0.15, -0.1) is 0 Å². The molecule has 1 atom stereocenters. The Balaban J connectivity index is 2.43. The molecule has 0 spiro atoms. The lowest BCUT2D eigenvalue weighted by Gasteiger charge is -2.10. The summed E-state index contributed by atoms with van der Waals surface area (Å²) in [5, 5.41) is 11.3. The monoisotopic (exact) mass is 232 g/mol. The van der Waals surface area contributed by atoms with Crippen molar-refractivity contribution in [3.63, 3.8) is 0 Å². The molecule has 4 nitrogen and oxygen atoms in total. The van der Waals surface area contributed by atoms with Crippen LogP contribution in [0.2, 0.25) is 0 Å². The molecule has 1 amide bonds. The number of carbonyl (C=O) groups is 1. The second-order valence-electron chi connectivity index (χ2n) is 3.77. The highest BCUT2D eigenvalue weighted by Gasteiger charge is 2.05. The van der Waals surface area contributed by atoms with Crippen molar-refractivity contribution in [2.75, 3.05) is 11.9 Å². The minimum atomic E-state index is -0.185. The van der Waals surface area contributed by atoms with E-state index in [9.17, 15) is 4.79 Å². The van der Waals surface area contributed by atoms with Crippen LogP contribution in [0.1, 0.15) is 25.8 Å². The smallest absolute Gasteiger partial charge is 0.250 e. The number of anilines is 1. The number of hydrogen-bond donors (Lipinski definition) is 1. The van der Waals surface area contributed by atoms with Gasteiger partial charge in [-0.1, -0.05) is 6.92 Å². The Kier molecular flexibility index (Phi) is 5.18. The fourth-order valence-corrected chi connectivity index (χ4v) is 1.16. The summed E-state index contributed by atoms with van der Waals surface area (Å²) >= 11 is 0. The van der Waals surface area contributed by atoms with Gasteiger partial charge < -0.3 is 10.1 Å². The number of carbonyl (C=O) groups excluding carboxylic acids is 1. The van der Waals surface area contributed by atoms with E-state index in [2.05, 4.69) is 5.32 Å². The van der Waals surface area contributed by atoms with E-state index in [1.165, 1.54) is 0 Å². The van der Waals surface area contributed by atoms with Crippen LogP contribution in [-0.2, 0) is 9.53 Å². The lowest BCUT2D eigenvalue weighted by Crippen LogP contribution is -2.21. The van der Waals surface area contributed by atoms with E-state index < -0.39 is 0 Å². The maximum absolute atomic E-state index is 11.5. The molecule has 1 N–H and O–H groups in total. The zero-order valence-corrected chi connectivity index (χ0v) is 10.1. The van der Waals surface area contributed by atoms with E-state index in [1.807, 2.05) is 19.9 Å². The van der Waals surface area contributed by atoms with E-state index >= 15 is 0 Å². The van der Waals surface area contributed by atoms with E-state index in [0.29, 0.717) is 11.3 Å². The molecule has 0 aliphatic heterocycles. The first kappa shape index (κ1) is 13.2. The summed E-state index contributed by atoms with van der Waals surface area (Å²) in [5.74, 6) is -0.185. The zero-order chi connectivity index (χ0) is 12.7. The van der Waals surface area contributed by atoms with Gasteiger partial charge in [0.05, 0.1) is 17.7 Å². The van der Waals surface area contributed by atoms with Crippen LogP contribution in [0.5, 0.6) is 0 Å². The van der Waals surface area contributed by atoms with E-state index in [1.54, 1.807) is 24.3 Å². The van der Waals surface area contributed by atoms with Crippen LogP contribution < -0.4 is 5.32 Å². The molecule has 1 rings (SSSR count). The molecule has 90 valence electrons. The molecule has 0 aromatic heterocycles. The summed E-state index contributed by atoms with van der Waals surface area (Å²) in [4.78, 5) is 11.5. The number of rotatable bonds is 5. The molecule has 4 heteroatoms. The first-order valence-corrected chi connectivity index (χ1v) is 5.57. The quantitative estimate of drug-likeness (QED) is 0.847. The number of nitriles is 1. The number of amides is 1. The number of nitrogens with zero attached hydrogens (tertiary/aromatic N) is 1. The topological polar surface area (TPSA) is 62.1 Å². The Morgan fingerprint density at radius 2 is 2.12 bits per heavy atom. The first-order chi connectivity index (χ1) is 8.15. The summed E-state index contributed by atoms with van der Waals surface area (Å²) < 4.78 is 5.31. The van der Waals surface area contributed by atoms with Gasteiger partial charge in [0.25, 0.3) is 0 Å². The standard InChI is InChI=1S/C13H16N2O2/c1-3-10(2)17-9-13(16)15-12-6-4-11(8-14)5-7-12/h4-7,10H,3,9H2,1-2H3,(H,15,16). The summed E-state index contributed by atoms with van der Waals surface area (Å²) in [5.41, 5.74) is 1.24. The fourth-order valence-electron chi connectivity index (χ4n) is 1.16. The maximum Gasteiger partial charge on any atom is 0.250 e. The number of ether oxygens (including phenoxy) is 1. The van der Waals surface area contributed by atoms with Gasteiger partial charge in [-0.2, -0.15) is 5.26 Å². The maximum atomic E-state index is 11.5. The molecule has 0 heterocycles. The second-order valence-corrected chi connectivity index (χ2v) is 3.77. The minimum absolute atomic E-state index is 0.0506. The van der Waals surface area contributed by atoms with Gasteiger partial charge in [-0.3, -0.25) is 4.79 Å². The van der Waals surface area contributed by atoms with Gasteiger partial charge in [0.2, 0.25) is 5.91 Å². The molecule has 0 radical (unpaired) electrons. The Hall–Kier alpha value is -1.86. The molecule has 0 bridgehead atoms. The van der Waals surface area contributed by atoms with Gasteiger partial charge in [0, 0.05) is 5.69 Å². The summed E-state index contributed by atoms with van der Waals surface area (Å²) in [6.45, 7) is 3.98. The zero-order valence-electron chi connectivity index (χ0n) is 10.1. The number of nitrogens with one attached hydrogen (secondary N) is 1. The molecule has 1 unspecified atom stereocenters. The van der Waals surface area contributed by atoms with E-state index in [0.717, 1.165) is 6.42 Å². The highest BCUT2D eigenvalue weighted by molar-refractivity contribution is 5.91. The van der Waals surface area contributed by atoms with Gasteiger partial charge in [0.1, 0.15) is 6.61 Å². The molecule has 17 heavy (non-hydrogen) atoms. The van der Waals surface area contributed by atoms with Crippen molar-refractivity contribution in [2.24, 2.45) is 0 Å². The van der Waals surface area contributed by atoms with Gasteiger partial charge in [-0.25, -0.2) is 0 Å². The van der Waals surface area contributed by atoms with Crippen LogP contribution in [0, 0.1) is 11.3 Å². The molecule has 1 aromatic rings. The Morgan fingerprint density at radius 1 is 1.47 bits per heavy atom. The molecule has 1 aromatic carbocycles. The fraction of sp³-hybridized carbons (Fsp3) is 0.385. The van der Waals surface area contributed by atoms with E-state index in [-0.39, 0.29) is 18.6 Å². The Labute approximate surface area is 101 Å². The normalized spacial score (nSPS) is 11.6. The van der Waals surface area contributed by atoms with Crippen LogP contribution >= 0.6 is 0 Å². The molecule has 0 aliphatic carbocycles. The van der Waals surface area contributed by atoms with Crippen molar-refractivity contribution in [3.05, 3.63) is 29.8 Å². The summed E-state index contributed by atoms with van der Waals surface area (Å²) in [6.07, 6.45) is 0.964. The van der Waals surface area contributed by atoms with Crippen molar-refractivity contribution in [3.8, 4) is 6.07 Å². The SMILES string of the molecule is CCC(C)OCC(=O)Nc1ccc(C#N)cc1. The van der Waals surface area contributed by atoms with Crippen molar-refractivity contribution in [1.29, 1.82) is 5.26 Å². The average molecular weight is 232 g/mol. The Morgan fingerprint density at radius 3 is 2.65 bits per heavy atom. The van der Waals surface area contributed by atoms with Gasteiger partial charge in [-0.05, 0) is 37.6 Å². The van der Waals surface area contributed by atoms with E-state index in [4.69, 9.17) is 10.00 Å². The third-order valence-electron chi connectivity index (χ3n) is 2.37. The highest BCUT2D eigenvalue weighted by atomic mass is 16.5. The molecular weight excluding hydrogens is 216 g/mol. The lowest BCUT2D eigenvalue weighted by molar-refractivity contribution is -0.122. The predicted molar refractivity (Wildman–Crippen MR) is 65.5 cm³/mol. The van der Waals surface area contributed by atoms with Gasteiger partial charge >= 0.3 is 0 Å². The number of benzene rings is 1. The van der Waals surface area contributed by atoms with Crippen molar-refractivity contribution in [1.82, 2.24) is 0 Å². The predicted octanol–water partition coefficient (Wildman–Crippen LogP) is 2.31.